The summed E-state index contributed by atoms with van der Waals surface area (Å²) in [4.78, 5) is 23.5. The average Bonchev–Trinajstić information content (AvgIpc) is 2.89. The van der Waals surface area contributed by atoms with Crippen molar-refractivity contribution in [2.45, 2.75) is 37.9 Å². The predicted octanol–water partition coefficient (Wildman–Crippen LogP) is 4.95. The maximum absolute atomic E-state index is 12.8. The van der Waals surface area contributed by atoms with Gasteiger partial charge in [-0.2, -0.15) is 13.2 Å². The number of thiocarbonyl (C=S) groups is 1. The summed E-state index contributed by atoms with van der Waals surface area (Å²) in [6.45, 7) is 6.21. The molecule has 2 saturated heterocycles. The molecule has 1 N–H and O–H groups in total. The number of hydrogen-bond acceptors (Lipinski definition) is 6. The van der Waals surface area contributed by atoms with E-state index in [0.29, 0.717) is 11.7 Å². The first kappa shape index (κ1) is 27.3. The van der Waals surface area contributed by atoms with E-state index in [9.17, 15) is 18.1 Å². The maximum atomic E-state index is 12.8. The Labute approximate surface area is 221 Å². The van der Waals surface area contributed by atoms with E-state index in [0.717, 1.165) is 105 Å². The van der Waals surface area contributed by atoms with E-state index in [1.165, 1.54) is 7.05 Å². The Hall–Kier alpha value is -2.79. The third kappa shape index (κ3) is 7.61. The molecule has 37 heavy (non-hydrogen) atoms. The van der Waals surface area contributed by atoms with E-state index in [2.05, 4.69) is 25.0 Å². The largest absolute Gasteiger partial charge is 0.416 e. The van der Waals surface area contributed by atoms with Crippen LogP contribution in [0.2, 0.25) is 0 Å². The second-order valence-corrected chi connectivity index (χ2v) is 10.1. The van der Waals surface area contributed by atoms with E-state index in [1.54, 1.807) is 24.4 Å². The molecule has 200 valence electrons. The summed E-state index contributed by atoms with van der Waals surface area (Å²) in [5, 5.41) is 3.46. The second-order valence-electron chi connectivity index (χ2n) is 9.68. The van der Waals surface area contributed by atoms with Gasteiger partial charge in [-0.05, 0) is 62.6 Å². The number of hydrogen-bond donors (Lipinski definition) is 1. The number of benzene rings is 1. The van der Waals surface area contributed by atoms with Crippen LogP contribution in [0.3, 0.4) is 0 Å². The highest BCUT2D eigenvalue weighted by Crippen LogP contribution is 2.30. The third-order valence-electron chi connectivity index (χ3n) is 7.11. The monoisotopic (exact) mass is 535 g/mol. The molecule has 0 radical (unpaired) electrons. The summed E-state index contributed by atoms with van der Waals surface area (Å²) in [7, 11) is 1.45. The Morgan fingerprint density at radius 1 is 1.05 bits per heavy atom. The van der Waals surface area contributed by atoms with Crippen LogP contribution in [0.4, 0.5) is 30.4 Å². The lowest BCUT2D eigenvalue weighted by atomic mass is 10.0. The molecule has 0 bridgehead atoms. The minimum atomic E-state index is -4.30. The molecule has 1 aromatic carbocycles. The molecular weight excluding hydrogens is 501 g/mol. The van der Waals surface area contributed by atoms with Gasteiger partial charge < -0.3 is 15.1 Å². The lowest BCUT2D eigenvalue weighted by Crippen LogP contribution is -2.47. The number of piperidine rings is 1. The zero-order valence-corrected chi connectivity index (χ0v) is 21.9. The van der Waals surface area contributed by atoms with Crippen LogP contribution in [-0.4, -0.2) is 83.4 Å². The first-order valence-electron chi connectivity index (χ1n) is 12.7. The van der Waals surface area contributed by atoms with Crippen molar-refractivity contribution in [2.24, 2.45) is 0 Å². The van der Waals surface area contributed by atoms with Crippen LogP contribution in [0.5, 0.6) is 0 Å². The molecule has 0 atom stereocenters. The van der Waals surface area contributed by atoms with Gasteiger partial charge in [-0.3, -0.25) is 4.90 Å². The zero-order chi connectivity index (χ0) is 26.4. The minimum Gasteiger partial charge on any atom is -0.369 e. The lowest BCUT2D eigenvalue weighted by molar-refractivity contribution is -0.428. The lowest BCUT2D eigenvalue weighted by Gasteiger charge is -2.37. The Balaban J connectivity index is 1.12. The topological polar surface area (TPSA) is 54.7 Å². The van der Waals surface area contributed by atoms with Gasteiger partial charge >= 0.3 is 6.18 Å². The van der Waals surface area contributed by atoms with Gasteiger partial charge in [0.15, 0.2) is 7.05 Å². The van der Waals surface area contributed by atoms with E-state index in [4.69, 9.17) is 12.2 Å². The van der Waals surface area contributed by atoms with Crippen molar-refractivity contribution in [3.05, 3.63) is 53.1 Å². The second kappa shape index (κ2) is 12.2. The molecule has 0 saturated carbocycles. The first-order chi connectivity index (χ1) is 17.7. The first-order valence-corrected chi connectivity index (χ1v) is 13.2. The molecular formula is C26H34F3N6OS+. The predicted molar refractivity (Wildman–Crippen MR) is 144 cm³/mol. The normalized spacial score (nSPS) is 17.6. The number of pyridine rings is 1. The zero-order valence-electron chi connectivity index (χ0n) is 21.1. The van der Waals surface area contributed by atoms with Gasteiger partial charge in [-0.15, -0.1) is 0 Å². The number of piperazine rings is 1. The Bertz CT molecular complexity index is 1050. The van der Waals surface area contributed by atoms with Crippen LogP contribution in [0.15, 0.2) is 42.6 Å². The summed E-state index contributed by atoms with van der Waals surface area (Å²) < 4.78 is 39.2. The SMILES string of the molecule is C[N+](=O)c1ccc(NC2CCN(C(=S)CCCN3CCN(c4ccc(C(F)(F)F)cc4)CC3)CC2)nc1. The fourth-order valence-corrected chi connectivity index (χ4v) is 5.17. The van der Waals surface area contributed by atoms with Crippen molar-refractivity contribution in [2.75, 3.05) is 63.1 Å². The van der Waals surface area contributed by atoms with Crippen molar-refractivity contribution in [3.63, 3.8) is 0 Å². The third-order valence-corrected chi connectivity index (χ3v) is 7.57. The molecule has 0 unspecified atom stereocenters. The molecule has 0 amide bonds. The molecule has 3 heterocycles. The Morgan fingerprint density at radius 3 is 2.30 bits per heavy atom. The minimum absolute atomic E-state index is 0.336. The average molecular weight is 536 g/mol. The maximum Gasteiger partial charge on any atom is 0.416 e. The molecule has 2 aliphatic rings. The van der Waals surface area contributed by atoms with Crippen LogP contribution in [0, 0.1) is 4.91 Å². The number of alkyl halides is 3. The van der Waals surface area contributed by atoms with Crippen molar-refractivity contribution >= 4 is 34.4 Å². The highest BCUT2D eigenvalue weighted by molar-refractivity contribution is 7.80. The molecule has 0 spiro atoms. The number of halogens is 3. The number of nitrogens with one attached hydrogen (secondary N) is 1. The van der Waals surface area contributed by atoms with Crippen LogP contribution >= 0.6 is 12.2 Å². The van der Waals surface area contributed by atoms with Gasteiger partial charge in [0.2, 0.25) is 0 Å². The summed E-state index contributed by atoms with van der Waals surface area (Å²) in [5.41, 5.74) is 0.768. The van der Waals surface area contributed by atoms with Crippen LogP contribution in [0.1, 0.15) is 31.2 Å². The number of anilines is 2. The van der Waals surface area contributed by atoms with Gasteiger partial charge in [-0.25, -0.2) is 4.98 Å². The smallest absolute Gasteiger partial charge is 0.369 e. The highest BCUT2D eigenvalue weighted by Gasteiger charge is 2.30. The van der Waals surface area contributed by atoms with Gasteiger partial charge in [0.05, 0.1) is 10.6 Å². The standard InChI is InChI=1S/C26H34F3N6OS/c1-32(36)23-8-9-24(30-19-23)31-21-10-13-35(14-11-21)25(37)3-2-12-33-15-17-34(18-16-33)22-6-4-20(5-7-22)26(27,28)29/h4-9,19,21H,2-3,10-18H2,1H3,(H,30,31)/q+1. The molecule has 1 aromatic heterocycles. The van der Waals surface area contributed by atoms with Gasteiger partial charge in [0.25, 0.3) is 5.69 Å². The summed E-state index contributed by atoms with van der Waals surface area (Å²) in [6, 6.07) is 9.38. The van der Waals surface area contributed by atoms with Crippen molar-refractivity contribution < 1.29 is 17.9 Å². The molecule has 4 rings (SSSR count). The highest BCUT2D eigenvalue weighted by atomic mass is 32.1. The summed E-state index contributed by atoms with van der Waals surface area (Å²) in [6.07, 6.45) is 1.13. The molecule has 11 heteroatoms. The number of aromatic nitrogens is 1. The van der Waals surface area contributed by atoms with E-state index >= 15 is 0 Å². The molecule has 2 fully saturated rings. The summed E-state index contributed by atoms with van der Waals surface area (Å²) >= 11 is 5.72. The van der Waals surface area contributed by atoms with E-state index in [1.807, 2.05) is 6.07 Å². The van der Waals surface area contributed by atoms with Crippen LogP contribution < -0.4 is 10.2 Å². The molecule has 0 aliphatic carbocycles. The van der Waals surface area contributed by atoms with Gasteiger partial charge in [0.1, 0.15) is 12.0 Å². The number of likely N-dealkylation sites (tertiary alicyclic amines) is 1. The van der Waals surface area contributed by atoms with Crippen molar-refractivity contribution in [3.8, 4) is 0 Å². The summed E-state index contributed by atoms with van der Waals surface area (Å²) in [5.74, 6) is 0.782. The Kier molecular flexibility index (Phi) is 8.96. The molecule has 7 nitrogen and oxygen atoms in total. The van der Waals surface area contributed by atoms with Crippen LogP contribution in [0.25, 0.3) is 0 Å². The van der Waals surface area contributed by atoms with Gasteiger partial charge in [0, 0.05) is 66.7 Å². The molecule has 2 aliphatic heterocycles. The number of nitroso groups, excluding NO2 is 1. The van der Waals surface area contributed by atoms with Crippen molar-refractivity contribution in [1.29, 1.82) is 0 Å². The molecule has 2 aromatic rings. The Morgan fingerprint density at radius 2 is 1.73 bits per heavy atom. The van der Waals surface area contributed by atoms with E-state index in [-0.39, 0.29) is 0 Å². The van der Waals surface area contributed by atoms with E-state index < -0.39 is 11.7 Å². The van der Waals surface area contributed by atoms with Crippen LogP contribution in [-0.2, 0) is 6.18 Å². The number of nitrogens with zero attached hydrogens (tertiary/aromatic N) is 5. The van der Waals surface area contributed by atoms with Crippen molar-refractivity contribution in [1.82, 2.24) is 14.8 Å². The number of rotatable bonds is 8. The van der Waals surface area contributed by atoms with Gasteiger partial charge in [-0.1, -0.05) is 12.2 Å². The fraction of sp³-hybridized carbons (Fsp3) is 0.538. The fourth-order valence-electron chi connectivity index (χ4n) is 4.84. The quantitative estimate of drug-likeness (QED) is 0.379.